The zero-order chi connectivity index (χ0) is 17.7. The van der Waals surface area contributed by atoms with Crippen molar-refractivity contribution in [3.63, 3.8) is 0 Å². The van der Waals surface area contributed by atoms with Gasteiger partial charge >= 0.3 is 0 Å². The van der Waals surface area contributed by atoms with Crippen molar-refractivity contribution in [2.45, 2.75) is 19.1 Å². The Morgan fingerprint density at radius 1 is 1.12 bits per heavy atom. The summed E-state index contributed by atoms with van der Waals surface area (Å²) in [6.45, 7) is 0.455. The molecule has 128 valence electrons. The van der Waals surface area contributed by atoms with E-state index in [1.54, 1.807) is 18.0 Å². The van der Waals surface area contributed by atoms with E-state index in [0.29, 0.717) is 12.1 Å². The van der Waals surface area contributed by atoms with Crippen LogP contribution in [0, 0.1) is 5.82 Å². The van der Waals surface area contributed by atoms with Crippen LogP contribution >= 0.6 is 0 Å². The summed E-state index contributed by atoms with van der Waals surface area (Å²) in [6.07, 6.45) is -1.09. The first kappa shape index (κ1) is 17.9. The van der Waals surface area contributed by atoms with Crippen LogP contribution in [0.1, 0.15) is 23.7 Å². The SMILES string of the molecule is CN(Cc1cccc(N(C)C)c1)C(=O)CC(O)c1cccc(F)c1. The molecule has 1 amide bonds. The molecule has 0 spiro atoms. The first-order valence-corrected chi connectivity index (χ1v) is 7.80. The maximum atomic E-state index is 13.2. The maximum absolute atomic E-state index is 13.2. The molecule has 0 aliphatic carbocycles. The Morgan fingerprint density at radius 3 is 2.50 bits per heavy atom. The fraction of sp³-hybridized carbons (Fsp3) is 0.316. The summed E-state index contributed by atoms with van der Waals surface area (Å²) in [4.78, 5) is 15.9. The number of benzene rings is 2. The van der Waals surface area contributed by atoms with E-state index in [-0.39, 0.29) is 12.3 Å². The molecule has 24 heavy (non-hydrogen) atoms. The summed E-state index contributed by atoms with van der Waals surface area (Å²) in [6, 6.07) is 13.6. The van der Waals surface area contributed by atoms with Gasteiger partial charge in [0.25, 0.3) is 0 Å². The third-order valence-electron chi connectivity index (χ3n) is 3.87. The monoisotopic (exact) mass is 330 g/mol. The lowest BCUT2D eigenvalue weighted by Crippen LogP contribution is -2.27. The lowest BCUT2D eigenvalue weighted by molar-refractivity contribution is -0.132. The summed E-state index contributed by atoms with van der Waals surface area (Å²) in [7, 11) is 5.62. The molecular formula is C19H23FN2O2. The summed E-state index contributed by atoms with van der Waals surface area (Å²) in [5, 5.41) is 10.1. The van der Waals surface area contributed by atoms with Crippen LogP contribution in [0.25, 0.3) is 0 Å². The number of carbonyl (C=O) groups is 1. The number of amides is 1. The minimum absolute atomic E-state index is 0.0761. The quantitative estimate of drug-likeness (QED) is 0.885. The second-order valence-corrected chi connectivity index (χ2v) is 6.09. The summed E-state index contributed by atoms with van der Waals surface area (Å²) < 4.78 is 13.2. The molecule has 0 aliphatic rings. The van der Waals surface area contributed by atoms with E-state index in [4.69, 9.17) is 0 Å². The number of aliphatic hydroxyl groups is 1. The van der Waals surface area contributed by atoms with E-state index in [9.17, 15) is 14.3 Å². The molecule has 0 bridgehead atoms. The van der Waals surface area contributed by atoms with Crippen LogP contribution in [-0.2, 0) is 11.3 Å². The molecule has 1 N–H and O–H groups in total. The van der Waals surface area contributed by atoms with Crippen molar-refractivity contribution >= 4 is 11.6 Å². The van der Waals surface area contributed by atoms with Gasteiger partial charge in [0.1, 0.15) is 5.82 Å². The molecule has 0 radical (unpaired) electrons. The zero-order valence-corrected chi connectivity index (χ0v) is 14.2. The molecule has 0 aromatic heterocycles. The van der Waals surface area contributed by atoms with E-state index >= 15 is 0 Å². The number of hydrogen-bond donors (Lipinski definition) is 1. The Hall–Kier alpha value is -2.40. The molecular weight excluding hydrogens is 307 g/mol. The number of nitrogens with zero attached hydrogens (tertiary/aromatic N) is 2. The maximum Gasteiger partial charge on any atom is 0.225 e. The highest BCUT2D eigenvalue weighted by atomic mass is 19.1. The van der Waals surface area contributed by atoms with Crippen LogP contribution in [-0.4, -0.2) is 37.1 Å². The predicted molar refractivity (Wildman–Crippen MR) is 93.2 cm³/mol. The predicted octanol–water partition coefficient (Wildman–Crippen LogP) is 2.97. The molecule has 1 unspecified atom stereocenters. The molecule has 2 rings (SSSR count). The van der Waals surface area contributed by atoms with E-state index in [1.807, 2.05) is 43.3 Å². The highest BCUT2D eigenvalue weighted by Gasteiger charge is 2.17. The second-order valence-electron chi connectivity index (χ2n) is 6.09. The van der Waals surface area contributed by atoms with Crippen molar-refractivity contribution in [3.05, 3.63) is 65.5 Å². The topological polar surface area (TPSA) is 43.8 Å². The molecule has 2 aromatic rings. The number of rotatable bonds is 6. The largest absolute Gasteiger partial charge is 0.388 e. The summed E-state index contributed by atoms with van der Waals surface area (Å²) in [5.74, 6) is -0.616. The van der Waals surface area contributed by atoms with E-state index in [0.717, 1.165) is 11.3 Å². The highest BCUT2D eigenvalue weighted by molar-refractivity contribution is 5.76. The number of aliphatic hydroxyl groups excluding tert-OH is 1. The molecule has 4 nitrogen and oxygen atoms in total. The van der Waals surface area contributed by atoms with Crippen LogP contribution in [0.5, 0.6) is 0 Å². The van der Waals surface area contributed by atoms with Crippen LogP contribution in [0.2, 0.25) is 0 Å². The number of anilines is 1. The zero-order valence-electron chi connectivity index (χ0n) is 14.2. The first-order chi connectivity index (χ1) is 11.4. The Balaban J connectivity index is 1.98. The van der Waals surface area contributed by atoms with Gasteiger partial charge < -0.3 is 14.9 Å². The second kappa shape index (κ2) is 7.93. The Labute approximate surface area is 142 Å². The van der Waals surface area contributed by atoms with Gasteiger partial charge in [-0.05, 0) is 35.4 Å². The van der Waals surface area contributed by atoms with Gasteiger partial charge in [-0.3, -0.25) is 4.79 Å². The van der Waals surface area contributed by atoms with Crippen molar-refractivity contribution in [1.29, 1.82) is 0 Å². The normalized spacial score (nSPS) is 11.9. The summed E-state index contributed by atoms with van der Waals surface area (Å²) in [5.41, 5.74) is 2.48. The van der Waals surface area contributed by atoms with Crippen molar-refractivity contribution < 1.29 is 14.3 Å². The Bertz CT molecular complexity index is 703. The van der Waals surface area contributed by atoms with Gasteiger partial charge in [0.15, 0.2) is 0 Å². The van der Waals surface area contributed by atoms with Crippen molar-refractivity contribution in [3.8, 4) is 0 Å². The number of halogens is 1. The van der Waals surface area contributed by atoms with E-state index in [2.05, 4.69) is 0 Å². The van der Waals surface area contributed by atoms with Crippen LogP contribution < -0.4 is 4.90 Å². The average Bonchev–Trinajstić information content (AvgIpc) is 2.54. The smallest absolute Gasteiger partial charge is 0.225 e. The van der Waals surface area contributed by atoms with Crippen LogP contribution in [0.4, 0.5) is 10.1 Å². The minimum Gasteiger partial charge on any atom is -0.388 e. The number of hydrogen-bond acceptors (Lipinski definition) is 3. The molecule has 0 saturated carbocycles. The fourth-order valence-electron chi connectivity index (χ4n) is 2.45. The lowest BCUT2D eigenvalue weighted by Gasteiger charge is -2.21. The molecule has 0 saturated heterocycles. The van der Waals surface area contributed by atoms with Gasteiger partial charge in [0.2, 0.25) is 5.91 Å². The molecule has 0 aliphatic heterocycles. The third kappa shape index (κ3) is 4.80. The number of carbonyl (C=O) groups excluding carboxylic acids is 1. The Kier molecular flexibility index (Phi) is 5.93. The average molecular weight is 330 g/mol. The fourth-order valence-corrected chi connectivity index (χ4v) is 2.45. The van der Waals surface area contributed by atoms with Gasteiger partial charge in [-0.25, -0.2) is 4.39 Å². The van der Waals surface area contributed by atoms with Gasteiger partial charge in [-0.2, -0.15) is 0 Å². The molecule has 0 fully saturated rings. The van der Waals surface area contributed by atoms with Crippen LogP contribution in [0.15, 0.2) is 48.5 Å². The Morgan fingerprint density at radius 2 is 1.83 bits per heavy atom. The third-order valence-corrected chi connectivity index (χ3v) is 3.87. The molecule has 2 aromatic carbocycles. The van der Waals surface area contributed by atoms with Gasteiger partial charge in [0.05, 0.1) is 12.5 Å². The van der Waals surface area contributed by atoms with E-state index in [1.165, 1.54) is 18.2 Å². The lowest BCUT2D eigenvalue weighted by atomic mass is 10.1. The van der Waals surface area contributed by atoms with Crippen LogP contribution in [0.3, 0.4) is 0 Å². The van der Waals surface area contributed by atoms with Crippen molar-refractivity contribution in [2.75, 3.05) is 26.0 Å². The summed E-state index contributed by atoms with van der Waals surface area (Å²) >= 11 is 0. The van der Waals surface area contributed by atoms with Crippen molar-refractivity contribution in [2.24, 2.45) is 0 Å². The minimum atomic E-state index is -1.01. The molecule has 5 heteroatoms. The van der Waals surface area contributed by atoms with Crippen molar-refractivity contribution in [1.82, 2.24) is 4.90 Å². The van der Waals surface area contributed by atoms with Gasteiger partial charge in [-0.1, -0.05) is 24.3 Å². The standard InChI is InChI=1S/C19H23FN2O2/c1-21(2)17-9-4-6-14(10-17)13-22(3)19(24)12-18(23)15-7-5-8-16(20)11-15/h4-11,18,23H,12-13H2,1-3H3. The van der Waals surface area contributed by atoms with E-state index < -0.39 is 11.9 Å². The highest BCUT2D eigenvalue weighted by Crippen LogP contribution is 2.20. The molecule has 1 atom stereocenters. The van der Waals surface area contributed by atoms with Gasteiger partial charge in [0, 0.05) is 33.4 Å². The first-order valence-electron chi connectivity index (χ1n) is 7.80. The molecule has 0 heterocycles. The van der Waals surface area contributed by atoms with Gasteiger partial charge in [-0.15, -0.1) is 0 Å².